The number of imidazole rings is 1. The van der Waals surface area contributed by atoms with Crippen LogP contribution >= 0.6 is 0 Å². The second-order valence-corrected chi connectivity index (χ2v) is 11.8. The number of sulfonamides is 1. The maximum Gasteiger partial charge on any atom is 0.296 e. The van der Waals surface area contributed by atoms with E-state index in [4.69, 9.17) is 9.72 Å². The minimum Gasteiger partial charge on any atom is -0.378 e. The highest BCUT2D eigenvalue weighted by Gasteiger charge is 2.25. The van der Waals surface area contributed by atoms with Crippen LogP contribution in [0.4, 0.5) is 14.7 Å². The molecule has 1 N–H and O–H groups in total. The van der Waals surface area contributed by atoms with Gasteiger partial charge >= 0.3 is 0 Å². The number of halogens is 2. The van der Waals surface area contributed by atoms with Crippen molar-refractivity contribution in [2.75, 3.05) is 37.5 Å². The van der Waals surface area contributed by atoms with E-state index in [1.54, 1.807) is 24.3 Å². The van der Waals surface area contributed by atoms with Crippen LogP contribution in [0.2, 0.25) is 0 Å². The van der Waals surface area contributed by atoms with Crippen molar-refractivity contribution in [3.05, 3.63) is 35.9 Å². The highest BCUT2D eigenvalue weighted by molar-refractivity contribution is 7.88. The van der Waals surface area contributed by atoms with Crippen LogP contribution < -0.4 is 9.62 Å². The molecule has 0 amide bonds. The van der Waals surface area contributed by atoms with E-state index >= 15 is 0 Å². The summed E-state index contributed by atoms with van der Waals surface area (Å²) in [6, 6.07) is 6.99. The lowest BCUT2D eigenvalue weighted by Gasteiger charge is -2.28. The Labute approximate surface area is 220 Å². The molecule has 5 rings (SSSR count). The van der Waals surface area contributed by atoms with Gasteiger partial charge in [0.15, 0.2) is 5.82 Å². The number of alkyl halides is 2. The van der Waals surface area contributed by atoms with Gasteiger partial charge in [0, 0.05) is 25.6 Å². The van der Waals surface area contributed by atoms with Crippen molar-refractivity contribution in [3.8, 4) is 5.95 Å². The molecule has 2 aromatic heterocycles. The Balaban J connectivity index is 1.35. The molecule has 1 aliphatic heterocycles. The van der Waals surface area contributed by atoms with Gasteiger partial charge in [0.2, 0.25) is 21.9 Å². The van der Waals surface area contributed by atoms with Crippen LogP contribution in [0.15, 0.2) is 24.3 Å². The minimum absolute atomic E-state index is 0.0115. The molecule has 0 atom stereocenters. The smallest absolute Gasteiger partial charge is 0.296 e. The largest absolute Gasteiger partial charge is 0.378 e. The van der Waals surface area contributed by atoms with Crippen LogP contribution in [0, 0.1) is 5.92 Å². The van der Waals surface area contributed by atoms with Crippen molar-refractivity contribution in [2.45, 2.75) is 57.4 Å². The Hall–Kier alpha value is -2.77. The van der Waals surface area contributed by atoms with E-state index in [-0.39, 0.29) is 12.0 Å². The first kappa shape index (κ1) is 26.8. The van der Waals surface area contributed by atoms with Crippen LogP contribution in [0.1, 0.15) is 56.6 Å². The van der Waals surface area contributed by atoms with Gasteiger partial charge in [-0.1, -0.05) is 18.6 Å². The maximum atomic E-state index is 14.0. The standard InChI is InChI=1S/C25H33F2N7O3S/c1-38(35,36)32-18-11-9-17(10-12-18)5-4-8-21-29-24(33-13-15-37-16-14-33)31-25(30-21)34-20-7-3-2-6-19(20)28-23(34)22(26)27/h2-3,6-7,17-18,22,32H,4-5,8-16H2,1H3. The lowest BCUT2D eigenvalue weighted by molar-refractivity contribution is 0.122. The third kappa shape index (κ3) is 6.44. The quantitative estimate of drug-likeness (QED) is 0.432. The summed E-state index contributed by atoms with van der Waals surface area (Å²) >= 11 is 0. The number of hydrogen-bond donors (Lipinski definition) is 1. The number of nitrogens with one attached hydrogen (secondary N) is 1. The zero-order chi connectivity index (χ0) is 26.7. The molecule has 206 valence electrons. The molecule has 1 saturated heterocycles. The van der Waals surface area contributed by atoms with Crippen LogP contribution in [-0.2, 0) is 21.2 Å². The lowest BCUT2D eigenvalue weighted by Crippen LogP contribution is -2.38. The summed E-state index contributed by atoms with van der Waals surface area (Å²) in [5.41, 5.74) is 0.978. The zero-order valence-corrected chi connectivity index (χ0v) is 22.2. The molecule has 1 saturated carbocycles. The van der Waals surface area contributed by atoms with Crippen LogP contribution in [0.5, 0.6) is 0 Å². The van der Waals surface area contributed by atoms with E-state index in [0.717, 1.165) is 38.5 Å². The molecule has 10 nitrogen and oxygen atoms in total. The fourth-order valence-corrected chi connectivity index (χ4v) is 6.17. The van der Waals surface area contributed by atoms with Gasteiger partial charge in [0.25, 0.3) is 6.43 Å². The molecule has 13 heteroatoms. The molecule has 3 heterocycles. The normalized spacial score (nSPS) is 20.9. The summed E-state index contributed by atoms with van der Waals surface area (Å²) in [6.07, 6.45) is 4.40. The number of nitrogens with zero attached hydrogens (tertiary/aromatic N) is 6. The molecule has 0 spiro atoms. The first-order valence-corrected chi connectivity index (χ1v) is 15.0. The van der Waals surface area contributed by atoms with Gasteiger partial charge in [0.1, 0.15) is 5.82 Å². The van der Waals surface area contributed by atoms with E-state index in [0.29, 0.717) is 61.4 Å². The molecule has 0 radical (unpaired) electrons. The minimum atomic E-state index is -3.19. The SMILES string of the molecule is CS(=O)(=O)NC1CCC(CCCc2nc(N3CCOCC3)nc(-n3c(C(F)F)nc4ccccc43)n2)CC1. The lowest BCUT2D eigenvalue weighted by atomic mass is 9.83. The van der Waals surface area contributed by atoms with Gasteiger partial charge < -0.3 is 9.64 Å². The highest BCUT2D eigenvalue weighted by atomic mass is 32.2. The molecular formula is C25H33F2N7O3S. The second kappa shape index (κ2) is 11.5. The van der Waals surface area contributed by atoms with E-state index in [2.05, 4.69) is 19.7 Å². The number of aromatic nitrogens is 5. The summed E-state index contributed by atoms with van der Waals surface area (Å²) in [5, 5.41) is 0. The summed E-state index contributed by atoms with van der Waals surface area (Å²) < 4.78 is 60.6. The predicted octanol–water partition coefficient (Wildman–Crippen LogP) is 3.42. The molecular weight excluding hydrogens is 516 g/mol. The Morgan fingerprint density at radius 1 is 1.03 bits per heavy atom. The number of ether oxygens (including phenoxy) is 1. The Morgan fingerprint density at radius 2 is 1.74 bits per heavy atom. The van der Waals surface area contributed by atoms with E-state index in [1.165, 1.54) is 10.8 Å². The zero-order valence-electron chi connectivity index (χ0n) is 21.4. The Kier molecular flexibility index (Phi) is 8.15. The molecule has 0 bridgehead atoms. The number of rotatable bonds is 9. The molecule has 0 unspecified atom stereocenters. The number of morpholine rings is 1. The number of aryl methyl sites for hydroxylation is 1. The number of anilines is 1. The van der Waals surface area contributed by atoms with Gasteiger partial charge in [0.05, 0.1) is 30.5 Å². The third-order valence-corrected chi connectivity index (χ3v) is 7.94. The van der Waals surface area contributed by atoms with E-state index in [1.807, 2.05) is 4.90 Å². The van der Waals surface area contributed by atoms with Crippen LogP contribution in [0.3, 0.4) is 0 Å². The summed E-state index contributed by atoms with van der Waals surface area (Å²) in [6.45, 7) is 2.31. The van der Waals surface area contributed by atoms with E-state index < -0.39 is 22.3 Å². The van der Waals surface area contributed by atoms with Crippen LogP contribution in [-0.4, -0.2) is 71.5 Å². The molecule has 2 fully saturated rings. The van der Waals surface area contributed by atoms with Crippen LogP contribution in [0.25, 0.3) is 17.0 Å². The third-order valence-electron chi connectivity index (χ3n) is 7.17. The monoisotopic (exact) mass is 549 g/mol. The number of para-hydroxylation sites is 2. The number of fused-ring (bicyclic) bond motifs is 1. The van der Waals surface area contributed by atoms with Gasteiger partial charge in [-0.25, -0.2) is 26.9 Å². The number of benzene rings is 1. The Morgan fingerprint density at radius 3 is 2.45 bits per heavy atom. The molecule has 3 aromatic rings. The van der Waals surface area contributed by atoms with Crippen molar-refractivity contribution in [3.63, 3.8) is 0 Å². The van der Waals surface area contributed by atoms with Crippen molar-refractivity contribution in [2.24, 2.45) is 5.92 Å². The van der Waals surface area contributed by atoms with Gasteiger partial charge in [-0.2, -0.15) is 15.0 Å². The molecule has 38 heavy (non-hydrogen) atoms. The summed E-state index contributed by atoms with van der Waals surface area (Å²) in [7, 11) is -3.19. The fourth-order valence-electron chi connectivity index (χ4n) is 5.33. The first-order valence-electron chi connectivity index (χ1n) is 13.1. The molecule has 2 aliphatic rings. The van der Waals surface area contributed by atoms with Crippen molar-refractivity contribution < 1.29 is 21.9 Å². The summed E-state index contributed by atoms with van der Waals surface area (Å²) in [4.78, 5) is 20.1. The van der Waals surface area contributed by atoms with Gasteiger partial charge in [-0.15, -0.1) is 0 Å². The van der Waals surface area contributed by atoms with Crippen molar-refractivity contribution in [1.82, 2.24) is 29.2 Å². The fraction of sp³-hybridized carbons (Fsp3) is 0.600. The van der Waals surface area contributed by atoms with Crippen molar-refractivity contribution in [1.29, 1.82) is 0 Å². The van der Waals surface area contributed by atoms with E-state index in [9.17, 15) is 17.2 Å². The Bertz CT molecular complexity index is 1350. The van der Waals surface area contributed by atoms with Gasteiger partial charge in [-0.05, 0) is 50.2 Å². The average molecular weight is 550 g/mol. The average Bonchev–Trinajstić information content (AvgIpc) is 3.29. The number of hydrogen-bond acceptors (Lipinski definition) is 8. The highest BCUT2D eigenvalue weighted by Crippen LogP contribution is 2.30. The summed E-state index contributed by atoms with van der Waals surface area (Å²) in [5.74, 6) is 1.28. The first-order chi connectivity index (χ1) is 18.3. The van der Waals surface area contributed by atoms with Crippen molar-refractivity contribution >= 4 is 27.0 Å². The van der Waals surface area contributed by atoms with Gasteiger partial charge in [-0.3, -0.25) is 4.57 Å². The predicted molar refractivity (Wildman–Crippen MR) is 139 cm³/mol. The maximum absolute atomic E-state index is 14.0. The second-order valence-electron chi connectivity index (χ2n) is 10.0. The topological polar surface area (TPSA) is 115 Å². The molecule has 1 aromatic carbocycles. The molecule has 1 aliphatic carbocycles.